The molecule has 6 rings (SSSR count). The number of urea groups is 1. The smallest absolute Gasteiger partial charge is 0.315 e. The second kappa shape index (κ2) is 11.3. The van der Waals surface area contributed by atoms with Crippen LogP contribution in [0.15, 0.2) is 54.9 Å². The first-order valence-corrected chi connectivity index (χ1v) is 14.7. The highest BCUT2D eigenvalue weighted by Crippen LogP contribution is 2.36. The topological polar surface area (TPSA) is 88.0 Å². The summed E-state index contributed by atoms with van der Waals surface area (Å²) in [5.74, 6) is 1.47. The van der Waals surface area contributed by atoms with E-state index in [9.17, 15) is 4.79 Å². The van der Waals surface area contributed by atoms with Crippen LogP contribution in [0.5, 0.6) is 0 Å². The molecule has 2 amide bonds. The SMILES string of the molecule is CC1(NC(=O)NC2CCCCC2)CCN(c2ncnc3c2nc(-c2ccccc2Cl)n3-c2ccc(Cl)cc2)CC1. The van der Waals surface area contributed by atoms with Gasteiger partial charge in [-0.3, -0.25) is 4.57 Å². The van der Waals surface area contributed by atoms with Crippen molar-refractivity contribution in [2.45, 2.75) is 63.5 Å². The minimum absolute atomic E-state index is 0.0571. The molecule has 0 spiro atoms. The Kier molecular flexibility index (Phi) is 7.55. The van der Waals surface area contributed by atoms with Gasteiger partial charge in [0.05, 0.1) is 5.02 Å². The lowest BCUT2D eigenvalue weighted by Crippen LogP contribution is -2.57. The van der Waals surface area contributed by atoms with Gasteiger partial charge in [-0.25, -0.2) is 19.7 Å². The fraction of sp³-hybridized carbons (Fsp3) is 0.400. The van der Waals surface area contributed by atoms with Crippen LogP contribution in [-0.2, 0) is 0 Å². The van der Waals surface area contributed by atoms with Gasteiger partial charge in [0, 0.05) is 40.9 Å². The number of carbonyl (C=O) groups excluding carboxylic acids is 1. The van der Waals surface area contributed by atoms with Crippen LogP contribution < -0.4 is 15.5 Å². The van der Waals surface area contributed by atoms with Gasteiger partial charge in [-0.05, 0) is 69.0 Å². The number of amides is 2. The molecule has 208 valence electrons. The summed E-state index contributed by atoms with van der Waals surface area (Å²) in [6, 6.07) is 15.5. The number of imidazole rings is 1. The number of nitrogens with zero attached hydrogens (tertiary/aromatic N) is 5. The Morgan fingerprint density at radius 1 is 0.975 bits per heavy atom. The molecule has 2 aliphatic rings. The normalized spacial score (nSPS) is 17.6. The summed E-state index contributed by atoms with van der Waals surface area (Å²) in [4.78, 5) is 29.4. The number of fused-ring (bicyclic) bond motifs is 1. The van der Waals surface area contributed by atoms with Crippen LogP contribution in [-0.4, -0.2) is 50.2 Å². The number of halogens is 2. The Labute approximate surface area is 244 Å². The van der Waals surface area contributed by atoms with Crippen LogP contribution in [0.1, 0.15) is 51.9 Å². The number of piperidine rings is 1. The summed E-state index contributed by atoms with van der Waals surface area (Å²) in [6.45, 7) is 3.61. The highest BCUT2D eigenvalue weighted by molar-refractivity contribution is 6.33. The molecule has 10 heteroatoms. The average Bonchev–Trinajstić information content (AvgIpc) is 3.34. The van der Waals surface area contributed by atoms with Gasteiger partial charge >= 0.3 is 6.03 Å². The number of nitrogens with one attached hydrogen (secondary N) is 2. The molecule has 8 nitrogen and oxygen atoms in total. The second-order valence-corrected chi connectivity index (χ2v) is 11.9. The molecule has 1 saturated heterocycles. The molecule has 0 atom stereocenters. The Hall–Kier alpha value is -3.36. The van der Waals surface area contributed by atoms with Crippen molar-refractivity contribution in [2.75, 3.05) is 18.0 Å². The molecule has 0 radical (unpaired) electrons. The molecule has 1 saturated carbocycles. The molecule has 2 N–H and O–H groups in total. The zero-order valence-corrected chi connectivity index (χ0v) is 24.0. The molecule has 0 bridgehead atoms. The summed E-state index contributed by atoms with van der Waals surface area (Å²) in [5.41, 5.74) is 2.81. The number of anilines is 1. The van der Waals surface area contributed by atoms with E-state index in [1.54, 1.807) is 6.33 Å². The lowest BCUT2D eigenvalue weighted by Gasteiger charge is -2.40. The second-order valence-electron chi connectivity index (χ2n) is 11.1. The minimum Gasteiger partial charge on any atom is -0.354 e. The number of benzene rings is 2. The average molecular weight is 579 g/mol. The van der Waals surface area contributed by atoms with E-state index in [0.29, 0.717) is 27.0 Å². The molecule has 2 aromatic heterocycles. The maximum atomic E-state index is 12.8. The van der Waals surface area contributed by atoms with E-state index in [1.807, 2.05) is 53.1 Å². The van der Waals surface area contributed by atoms with Gasteiger partial charge < -0.3 is 15.5 Å². The van der Waals surface area contributed by atoms with E-state index in [-0.39, 0.29) is 17.6 Å². The summed E-state index contributed by atoms with van der Waals surface area (Å²) in [7, 11) is 0. The van der Waals surface area contributed by atoms with E-state index in [0.717, 1.165) is 55.8 Å². The van der Waals surface area contributed by atoms with Gasteiger partial charge in [0.1, 0.15) is 12.2 Å². The standard InChI is InChI=1S/C30H33Cl2N7O/c1-30(37-29(40)35-21-7-3-2-4-8-21)15-17-38(18-16-30)27-25-28(34-19-33-27)39(22-13-11-20(31)12-14-22)26(36-25)23-9-5-6-10-24(23)32/h5-6,9-14,19,21H,2-4,7-8,15-18H2,1H3,(H2,35,37,40). The summed E-state index contributed by atoms with van der Waals surface area (Å²) >= 11 is 12.8. The molecule has 40 heavy (non-hydrogen) atoms. The van der Waals surface area contributed by atoms with Gasteiger partial charge in [0.15, 0.2) is 17.0 Å². The lowest BCUT2D eigenvalue weighted by atomic mass is 9.89. The molecule has 3 heterocycles. The quantitative estimate of drug-likeness (QED) is 0.273. The van der Waals surface area contributed by atoms with Gasteiger partial charge in [-0.2, -0.15) is 0 Å². The molecule has 1 aliphatic carbocycles. The van der Waals surface area contributed by atoms with Crippen LogP contribution in [0, 0.1) is 0 Å². The van der Waals surface area contributed by atoms with E-state index < -0.39 is 0 Å². The Morgan fingerprint density at radius 3 is 2.42 bits per heavy atom. The van der Waals surface area contributed by atoms with E-state index in [4.69, 9.17) is 28.2 Å². The maximum absolute atomic E-state index is 12.8. The molecular formula is C30H33Cl2N7O. The first-order chi connectivity index (χ1) is 19.4. The van der Waals surface area contributed by atoms with Crippen molar-refractivity contribution in [1.82, 2.24) is 30.2 Å². The van der Waals surface area contributed by atoms with Crippen LogP contribution in [0.4, 0.5) is 10.6 Å². The lowest BCUT2D eigenvalue weighted by molar-refractivity contribution is 0.211. The van der Waals surface area contributed by atoms with Crippen LogP contribution in [0.25, 0.3) is 28.2 Å². The Bertz CT molecular complexity index is 1510. The molecule has 2 aromatic carbocycles. The van der Waals surface area contributed by atoms with Gasteiger partial charge in [0.25, 0.3) is 0 Å². The maximum Gasteiger partial charge on any atom is 0.315 e. The van der Waals surface area contributed by atoms with Crippen molar-refractivity contribution in [3.8, 4) is 17.1 Å². The third-order valence-electron chi connectivity index (χ3n) is 8.15. The van der Waals surface area contributed by atoms with Crippen molar-refractivity contribution in [3.63, 3.8) is 0 Å². The molecule has 2 fully saturated rings. The number of hydrogen-bond acceptors (Lipinski definition) is 5. The number of hydrogen-bond donors (Lipinski definition) is 2. The van der Waals surface area contributed by atoms with Crippen molar-refractivity contribution in [2.24, 2.45) is 0 Å². The van der Waals surface area contributed by atoms with Crippen LogP contribution in [0.2, 0.25) is 10.0 Å². The first kappa shape index (κ1) is 26.8. The zero-order valence-electron chi connectivity index (χ0n) is 22.5. The minimum atomic E-state index is -0.285. The van der Waals surface area contributed by atoms with E-state index in [2.05, 4.69) is 32.4 Å². The summed E-state index contributed by atoms with van der Waals surface area (Å²) in [6.07, 6.45) is 8.97. The highest BCUT2D eigenvalue weighted by Gasteiger charge is 2.34. The molecular weight excluding hydrogens is 545 g/mol. The predicted molar refractivity (Wildman–Crippen MR) is 161 cm³/mol. The van der Waals surface area contributed by atoms with Crippen molar-refractivity contribution < 1.29 is 4.79 Å². The zero-order chi connectivity index (χ0) is 27.7. The predicted octanol–water partition coefficient (Wildman–Crippen LogP) is 6.78. The van der Waals surface area contributed by atoms with Crippen molar-refractivity contribution >= 4 is 46.2 Å². The fourth-order valence-corrected chi connectivity index (χ4v) is 6.20. The van der Waals surface area contributed by atoms with Gasteiger partial charge in [-0.1, -0.05) is 54.6 Å². The van der Waals surface area contributed by atoms with Gasteiger partial charge in [-0.15, -0.1) is 0 Å². The molecule has 1 aliphatic heterocycles. The summed E-state index contributed by atoms with van der Waals surface area (Å²) in [5, 5.41) is 7.71. The number of rotatable bonds is 5. The third-order valence-corrected chi connectivity index (χ3v) is 8.73. The van der Waals surface area contributed by atoms with Crippen molar-refractivity contribution in [3.05, 3.63) is 64.9 Å². The molecule has 4 aromatic rings. The van der Waals surface area contributed by atoms with E-state index in [1.165, 1.54) is 19.3 Å². The highest BCUT2D eigenvalue weighted by atomic mass is 35.5. The number of carbonyl (C=O) groups is 1. The fourth-order valence-electron chi connectivity index (χ4n) is 5.85. The first-order valence-electron chi connectivity index (χ1n) is 14.0. The van der Waals surface area contributed by atoms with Gasteiger partial charge in [0.2, 0.25) is 0 Å². The van der Waals surface area contributed by atoms with Crippen LogP contribution >= 0.6 is 23.2 Å². The Balaban J connectivity index is 1.28. The third kappa shape index (κ3) is 5.47. The van der Waals surface area contributed by atoms with Crippen molar-refractivity contribution in [1.29, 1.82) is 0 Å². The van der Waals surface area contributed by atoms with Crippen LogP contribution in [0.3, 0.4) is 0 Å². The summed E-state index contributed by atoms with van der Waals surface area (Å²) < 4.78 is 2.00. The monoisotopic (exact) mass is 577 g/mol. The molecule has 0 unspecified atom stereocenters. The number of aromatic nitrogens is 4. The van der Waals surface area contributed by atoms with E-state index >= 15 is 0 Å². The largest absolute Gasteiger partial charge is 0.354 e. The Morgan fingerprint density at radius 2 is 1.70 bits per heavy atom.